The van der Waals surface area contributed by atoms with Crippen molar-refractivity contribution in [2.24, 2.45) is 0 Å². The number of amides is 1. The Morgan fingerprint density at radius 3 is 2.76 bits per heavy atom. The number of carboxylic acids is 1. The summed E-state index contributed by atoms with van der Waals surface area (Å²) in [5.74, 6) is 0.255. The van der Waals surface area contributed by atoms with Crippen LogP contribution in [0.3, 0.4) is 0 Å². The van der Waals surface area contributed by atoms with E-state index in [0.717, 1.165) is 0 Å². The third kappa shape index (κ3) is 4.85. The molecule has 1 atom stereocenters. The molecule has 0 aliphatic carbocycles. The Hall–Kier alpha value is -1.57. The highest BCUT2D eigenvalue weighted by Gasteiger charge is 2.18. The second-order valence-corrected chi connectivity index (χ2v) is 4.37. The molecular formula is C9H13N3O4S. The fraction of sp³-hybridized carbons (Fsp3) is 0.556. The van der Waals surface area contributed by atoms with Crippen molar-refractivity contribution >= 4 is 23.6 Å². The zero-order valence-corrected chi connectivity index (χ0v) is 10.3. The van der Waals surface area contributed by atoms with Gasteiger partial charge >= 0.3 is 5.97 Å². The van der Waals surface area contributed by atoms with Crippen LogP contribution in [0.5, 0.6) is 0 Å². The minimum absolute atomic E-state index is 0.252. The molecule has 0 aromatic carbocycles. The third-order valence-corrected chi connectivity index (χ3v) is 2.79. The third-order valence-electron chi connectivity index (χ3n) is 1.76. The Bertz CT molecular complexity index is 407. The molecule has 1 amide bonds. The van der Waals surface area contributed by atoms with E-state index in [1.807, 2.05) is 0 Å². The van der Waals surface area contributed by atoms with E-state index in [1.54, 1.807) is 6.92 Å². The number of carbonyl (C=O) groups is 2. The first-order chi connectivity index (χ1) is 7.99. The van der Waals surface area contributed by atoms with E-state index >= 15 is 0 Å². The second kappa shape index (κ2) is 6.24. The Morgan fingerprint density at radius 2 is 2.29 bits per heavy atom. The van der Waals surface area contributed by atoms with Crippen molar-refractivity contribution in [1.82, 2.24) is 15.5 Å². The van der Waals surface area contributed by atoms with Gasteiger partial charge in [0.25, 0.3) is 0 Å². The van der Waals surface area contributed by atoms with Crippen molar-refractivity contribution < 1.29 is 19.2 Å². The molecular weight excluding hydrogens is 246 g/mol. The maximum absolute atomic E-state index is 10.8. The van der Waals surface area contributed by atoms with Crippen molar-refractivity contribution in [2.45, 2.75) is 25.6 Å². The van der Waals surface area contributed by atoms with E-state index in [0.29, 0.717) is 17.5 Å². The minimum atomic E-state index is -1.06. The van der Waals surface area contributed by atoms with Gasteiger partial charge in [0.1, 0.15) is 6.04 Å². The predicted octanol–water partition coefficient (Wildman–Crippen LogP) is 0.201. The lowest BCUT2D eigenvalue weighted by Crippen LogP contribution is -2.41. The van der Waals surface area contributed by atoms with Gasteiger partial charge in [0, 0.05) is 19.6 Å². The zero-order chi connectivity index (χ0) is 12.8. The number of carboxylic acid groups (broad SMARTS) is 1. The molecule has 1 rings (SSSR count). The van der Waals surface area contributed by atoms with Gasteiger partial charge in [-0.15, -0.1) is 0 Å². The molecule has 8 heteroatoms. The standard InChI is InChI=1S/C9H13N3O4S/c1-5(13)10-7(9(14)15)3-17-4-8-11-6(2)16-12-8/h7H,3-4H2,1-2H3,(H,10,13)(H,14,15). The summed E-state index contributed by atoms with van der Waals surface area (Å²) in [7, 11) is 0. The van der Waals surface area contributed by atoms with Gasteiger partial charge in [0.2, 0.25) is 11.8 Å². The fourth-order valence-electron chi connectivity index (χ4n) is 1.09. The molecule has 1 aromatic rings. The number of carbonyl (C=O) groups excluding carboxylic acids is 1. The number of hydrogen-bond acceptors (Lipinski definition) is 6. The van der Waals surface area contributed by atoms with Crippen LogP contribution in [0.1, 0.15) is 18.6 Å². The minimum Gasteiger partial charge on any atom is -0.480 e. The summed E-state index contributed by atoms with van der Waals surface area (Å²) in [6.07, 6.45) is 0. The van der Waals surface area contributed by atoms with Crippen molar-refractivity contribution in [3.63, 3.8) is 0 Å². The van der Waals surface area contributed by atoms with E-state index in [-0.39, 0.29) is 11.7 Å². The zero-order valence-electron chi connectivity index (χ0n) is 9.47. The van der Waals surface area contributed by atoms with Gasteiger partial charge in [0.05, 0.1) is 5.75 Å². The topological polar surface area (TPSA) is 105 Å². The van der Waals surface area contributed by atoms with Gasteiger partial charge in [-0.05, 0) is 0 Å². The summed E-state index contributed by atoms with van der Waals surface area (Å²) >= 11 is 1.32. The smallest absolute Gasteiger partial charge is 0.327 e. The van der Waals surface area contributed by atoms with Crippen molar-refractivity contribution in [1.29, 1.82) is 0 Å². The van der Waals surface area contributed by atoms with E-state index in [1.165, 1.54) is 18.7 Å². The summed E-state index contributed by atoms with van der Waals surface area (Å²) in [4.78, 5) is 25.6. The van der Waals surface area contributed by atoms with Crippen LogP contribution in [-0.2, 0) is 15.3 Å². The van der Waals surface area contributed by atoms with Gasteiger partial charge in [0.15, 0.2) is 5.82 Å². The summed E-state index contributed by atoms with van der Waals surface area (Å²) < 4.78 is 4.77. The van der Waals surface area contributed by atoms with E-state index < -0.39 is 12.0 Å². The summed E-state index contributed by atoms with van der Waals surface area (Å²) in [6.45, 7) is 2.96. The van der Waals surface area contributed by atoms with Gasteiger partial charge < -0.3 is 14.9 Å². The van der Waals surface area contributed by atoms with Crippen molar-refractivity contribution in [3.8, 4) is 0 Å². The van der Waals surface area contributed by atoms with Crippen LogP contribution in [0.25, 0.3) is 0 Å². The Balaban J connectivity index is 2.37. The van der Waals surface area contributed by atoms with Crippen LogP contribution >= 0.6 is 11.8 Å². The molecule has 0 bridgehead atoms. The number of aromatic nitrogens is 2. The molecule has 1 heterocycles. The molecule has 1 unspecified atom stereocenters. The van der Waals surface area contributed by atoms with E-state index in [4.69, 9.17) is 9.63 Å². The average molecular weight is 259 g/mol. The molecule has 0 radical (unpaired) electrons. The molecule has 0 aliphatic heterocycles. The molecule has 0 saturated heterocycles. The predicted molar refractivity (Wildman–Crippen MR) is 60.4 cm³/mol. The fourth-order valence-corrected chi connectivity index (χ4v) is 1.97. The van der Waals surface area contributed by atoms with E-state index in [9.17, 15) is 9.59 Å². The number of aliphatic carboxylic acids is 1. The summed E-state index contributed by atoms with van der Waals surface area (Å²) in [5.41, 5.74) is 0. The second-order valence-electron chi connectivity index (χ2n) is 3.34. The van der Waals surface area contributed by atoms with Crippen LogP contribution in [0, 0.1) is 6.92 Å². The lowest BCUT2D eigenvalue weighted by Gasteiger charge is -2.11. The molecule has 0 aliphatic rings. The molecule has 1 aromatic heterocycles. The molecule has 0 spiro atoms. The quantitative estimate of drug-likeness (QED) is 0.751. The largest absolute Gasteiger partial charge is 0.480 e. The SMILES string of the molecule is CC(=O)NC(CSCc1noc(C)n1)C(=O)O. The number of nitrogens with zero attached hydrogens (tertiary/aromatic N) is 2. The number of rotatable bonds is 6. The van der Waals surface area contributed by atoms with Crippen LogP contribution < -0.4 is 5.32 Å². The Morgan fingerprint density at radius 1 is 1.59 bits per heavy atom. The Labute approximate surface area is 102 Å². The molecule has 17 heavy (non-hydrogen) atoms. The first-order valence-corrected chi connectivity index (χ1v) is 6.01. The highest BCUT2D eigenvalue weighted by molar-refractivity contribution is 7.98. The molecule has 7 nitrogen and oxygen atoms in total. The Kier molecular flexibility index (Phi) is 4.95. The number of aryl methyl sites for hydroxylation is 1. The maximum Gasteiger partial charge on any atom is 0.327 e. The normalized spacial score (nSPS) is 12.1. The summed E-state index contributed by atoms with van der Waals surface area (Å²) in [6, 6.07) is -0.898. The van der Waals surface area contributed by atoms with Gasteiger partial charge in [-0.2, -0.15) is 16.7 Å². The van der Waals surface area contributed by atoms with Gasteiger partial charge in [-0.1, -0.05) is 5.16 Å². The lowest BCUT2D eigenvalue weighted by atomic mass is 10.3. The maximum atomic E-state index is 10.8. The van der Waals surface area contributed by atoms with Crippen LogP contribution in [-0.4, -0.2) is 38.9 Å². The van der Waals surface area contributed by atoms with Crippen LogP contribution in [0.15, 0.2) is 4.52 Å². The monoisotopic (exact) mass is 259 g/mol. The van der Waals surface area contributed by atoms with E-state index in [2.05, 4.69) is 15.5 Å². The lowest BCUT2D eigenvalue weighted by molar-refractivity contribution is -0.140. The summed E-state index contributed by atoms with van der Waals surface area (Å²) in [5, 5.41) is 14.9. The molecule has 0 fully saturated rings. The van der Waals surface area contributed by atoms with Gasteiger partial charge in [-0.25, -0.2) is 4.79 Å². The first kappa shape index (κ1) is 13.5. The average Bonchev–Trinajstić information content (AvgIpc) is 2.62. The van der Waals surface area contributed by atoms with Crippen molar-refractivity contribution in [3.05, 3.63) is 11.7 Å². The number of hydrogen-bond donors (Lipinski definition) is 2. The molecule has 2 N–H and O–H groups in total. The van der Waals surface area contributed by atoms with Crippen molar-refractivity contribution in [2.75, 3.05) is 5.75 Å². The highest BCUT2D eigenvalue weighted by Crippen LogP contribution is 2.10. The number of thioether (sulfide) groups is 1. The van der Waals surface area contributed by atoms with Crippen LogP contribution in [0.2, 0.25) is 0 Å². The number of nitrogens with one attached hydrogen (secondary N) is 1. The highest BCUT2D eigenvalue weighted by atomic mass is 32.2. The molecule has 94 valence electrons. The van der Waals surface area contributed by atoms with Gasteiger partial charge in [-0.3, -0.25) is 4.79 Å². The van der Waals surface area contributed by atoms with Crippen LogP contribution in [0.4, 0.5) is 0 Å². The first-order valence-electron chi connectivity index (χ1n) is 4.86. The molecule has 0 saturated carbocycles.